The van der Waals surface area contributed by atoms with Crippen molar-refractivity contribution in [2.24, 2.45) is 0 Å². The largest absolute Gasteiger partial charge is 0.437 e. The molecule has 1 aromatic carbocycles. The number of anilines is 1. The van der Waals surface area contributed by atoms with E-state index in [1.807, 2.05) is 6.07 Å². The quantitative estimate of drug-likeness (QED) is 0.705. The van der Waals surface area contributed by atoms with Crippen LogP contribution in [-0.2, 0) is 9.59 Å². The second-order valence-electron chi connectivity index (χ2n) is 6.61. The number of aromatic nitrogens is 2. The van der Waals surface area contributed by atoms with Gasteiger partial charge in [0.15, 0.2) is 0 Å². The van der Waals surface area contributed by atoms with E-state index in [0.29, 0.717) is 33.7 Å². The standard InChI is InChI=1S/C20H14N4O4/c25-16-7-6-14(18(26)23-16)24-15-10-22-19(28-11-3-2-8-21-9-11)12-4-1-5-13(17(12)15)20(24)27/h1-5,8-10,14H,6-7H2,(H,23,25,26). The number of hydrogen-bond donors (Lipinski definition) is 1. The molecule has 0 spiro atoms. The van der Waals surface area contributed by atoms with Crippen molar-refractivity contribution in [2.45, 2.75) is 18.9 Å². The average Bonchev–Trinajstić information content (AvgIpc) is 2.98. The monoisotopic (exact) mass is 374 g/mol. The summed E-state index contributed by atoms with van der Waals surface area (Å²) >= 11 is 0. The minimum atomic E-state index is -0.743. The number of hydrogen-bond acceptors (Lipinski definition) is 6. The highest BCUT2D eigenvalue weighted by molar-refractivity contribution is 6.27. The number of benzene rings is 1. The van der Waals surface area contributed by atoms with Crippen molar-refractivity contribution in [1.82, 2.24) is 15.3 Å². The zero-order valence-electron chi connectivity index (χ0n) is 14.6. The minimum absolute atomic E-state index is 0.190. The lowest BCUT2D eigenvalue weighted by atomic mass is 10.0. The van der Waals surface area contributed by atoms with Crippen LogP contribution in [-0.4, -0.2) is 33.7 Å². The van der Waals surface area contributed by atoms with E-state index in [0.717, 1.165) is 0 Å². The predicted octanol–water partition coefficient (Wildman–Crippen LogP) is 2.19. The minimum Gasteiger partial charge on any atom is -0.437 e. The van der Waals surface area contributed by atoms with E-state index >= 15 is 0 Å². The molecule has 1 atom stereocenters. The zero-order chi connectivity index (χ0) is 19.3. The van der Waals surface area contributed by atoms with Crippen LogP contribution in [0.15, 0.2) is 48.9 Å². The second kappa shape index (κ2) is 6.12. The molecule has 1 saturated heterocycles. The molecule has 3 aromatic rings. The van der Waals surface area contributed by atoms with Gasteiger partial charge in [-0.1, -0.05) is 6.07 Å². The topological polar surface area (TPSA) is 101 Å². The van der Waals surface area contributed by atoms with Crippen molar-refractivity contribution < 1.29 is 19.1 Å². The number of rotatable bonds is 3. The first-order chi connectivity index (χ1) is 13.6. The highest BCUT2D eigenvalue weighted by Crippen LogP contribution is 2.42. The number of piperidine rings is 1. The maximum atomic E-state index is 13.1. The Labute approximate surface area is 159 Å². The molecule has 1 N–H and O–H groups in total. The SMILES string of the molecule is O=C1CCC(N2C(=O)c3cccc4c(Oc5cccnc5)ncc2c34)C(=O)N1. The first-order valence-corrected chi connectivity index (χ1v) is 8.80. The zero-order valence-corrected chi connectivity index (χ0v) is 14.6. The Morgan fingerprint density at radius 3 is 2.79 bits per heavy atom. The molecule has 2 aromatic heterocycles. The van der Waals surface area contributed by atoms with E-state index in [4.69, 9.17) is 4.74 Å². The second-order valence-corrected chi connectivity index (χ2v) is 6.61. The van der Waals surface area contributed by atoms with Gasteiger partial charge in [0.25, 0.3) is 5.91 Å². The van der Waals surface area contributed by atoms with Gasteiger partial charge in [0.2, 0.25) is 17.7 Å². The Morgan fingerprint density at radius 2 is 2.00 bits per heavy atom. The van der Waals surface area contributed by atoms with Crippen LogP contribution in [0.25, 0.3) is 10.8 Å². The first-order valence-electron chi connectivity index (χ1n) is 8.80. The van der Waals surface area contributed by atoms with Crippen LogP contribution in [0.5, 0.6) is 11.6 Å². The lowest BCUT2D eigenvalue weighted by Gasteiger charge is -2.30. The number of pyridine rings is 2. The molecule has 4 heterocycles. The third-order valence-corrected chi connectivity index (χ3v) is 4.93. The van der Waals surface area contributed by atoms with Crippen LogP contribution in [0, 0.1) is 0 Å². The van der Waals surface area contributed by atoms with Crippen LogP contribution in [0.4, 0.5) is 5.69 Å². The molecule has 138 valence electrons. The number of carbonyl (C=O) groups is 3. The lowest BCUT2D eigenvalue weighted by Crippen LogP contribution is -2.53. The van der Waals surface area contributed by atoms with Gasteiger partial charge < -0.3 is 4.74 Å². The Bertz CT molecular complexity index is 1150. The molecule has 0 aliphatic carbocycles. The Kier molecular flexibility index (Phi) is 3.58. The number of imide groups is 1. The van der Waals surface area contributed by atoms with Crippen LogP contribution in [0.3, 0.4) is 0 Å². The van der Waals surface area contributed by atoms with Crippen LogP contribution >= 0.6 is 0 Å². The molecule has 2 aliphatic rings. The number of carbonyl (C=O) groups excluding carboxylic acids is 3. The van der Waals surface area contributed by atoms with Crippen molar-refractivity contribution in [1.29, 1.82) is 0 Å². The van der Waals surface area contributed by atoms with Gasteiger partial charge in [-0.05, 0) is 30.7 Å². The molecule has 0 saturated carbocycles. The number of amides is 3. The fourth-order valence-electron chi connectivity index (χ4n) is 3.70. The molecule has 1 fully saturated rings. The molecule has 3 amide bonds. The lowest BCUT2D eigenvalue weighted by molar-refractivity contribution is -0.134. The van der Waals surface area contributed by atoms with Gasteiger partial charge >= 0.3 is 0 Å². The summed E-state index contributed by atoms with van der Waals surface area (Å²) in [6.45, 7) is 0. The van der Waals surface area contributed by atoms with Crippen molar-refractivity contribution in [3.63, 3.8) is 0 Å². The Balaban J connectivity index is 1.61. The van der Waals surface area contributed by atoms with E-state index in [1.165, 1.54) is 11.1 Å². The summed E-state index contributed by atoms with van der Waals surface area (Å²) in [7, 11) is 0. The third kappa shape index (κ3) is 2.42. The highest BCUT2D eigenvalue weighted by Gasteiger charge is 2.41. The molecular formula is C20H14N4O4. The predicted molar refractivity (Wildman–Crippen MR) is 99.0 cm³/mol. The van der Waals surface area contributed by atoms with E-state index in [9.17, 15) is 14.4 Å². The van der Waals surface area contributed by atoms with Gasteiger partial charge in [-0.2, -0.15) is 0 Å². The van der Waals surface area contributed by atoms with Gasteiger partial charge in [-0.15, -0.1) is 0 Å². The number of nitrogens with one attached hydrogen (secondary N) is 1. The van der Waals surface area contributed by atoms with Gasteiger partial charge in [-0.3, -0.25) is 29.6 Å². The summed E-state index contributed by atoms with van der Waals surface area (Å²) in [5.41, 5.74) is 1.03. The van der Waals surface area contributed by atoms with E-state index in [-0.39, 0.29) is 24.7 Å². The van der Waals surface area contributed by atoms with Gasteiger partial charge in [-0.25, -0.2) is 4.98 Å². The fraction of sp³-hybridized carbons (Fsp3) is 0.150. The summed E-state index contributed by atoms with van der Waals surface area (Å²) in [6, 6.07) is 8.07. The van der Waals surface area contributed by atoms with Gasteiger partial charge in [0.1, 0.15) is 11.8 Å². The van der Waals surface area contributed by atoms with Crippen molar-refractivity contribution in [2.75, 3.05) is 4.90 Å². The van der Waals surface area contributed by atoms with E-state index < -0.39 is 11.9 Å². The van der Waals surface area contributed by atoms with Gasteiger partial charge in [0.05, 0.1) is 23.6 Å². The molecular weight excluding hydrogens is 360 g/mol. The first kappa shape index (κ1) is 16.4. The molecule has 8 heteroatoms. The summed E-state index contributed by atoms with van der Waals surface area (Å²) in [4.78, 5) is 46.7. The smallest absolute Gasteiger partial charge is 0.259 e. The molecule has 2 aliphatic heterocycles. The van der Waals surface area contributed by atoms with Crippen molar-refractivity contribution in [3.8, 4) is 11.6 Å². The maximum Gasteiger partial charge on any atom is 0.259 e. The van der Waals surface area contributed by atoms with Crippen LogP contribution in [0.2, 0.25) is 0 Å². The molecule has 28 heavy (non-hydrogen) atoms. The maximum absolute atomic E-state index is 13.1. The molecule has 8 nitrogen and oxygen atoms in total. The average molecular weight is 374 g/mol. The Morgan fingerprint density at radius 1 is 1.11 bits per heavy atom. The third-order valence-electron chi connectivity index (χ3n) is 4.93. The fourth-order valence-corrected chi connectivity index (χ4v) is 3.70. The van der Waals surface area contributed by atoms with Gasteiger partial charge in [0, 0.05) is 23.4 Å². The van der Waals surface area contributed by atoms with Crippen LogP contribution < -0.4 is 15.0 Å². The van der Waals surface area contributed by atoms with Crippen molar-refractivity contribution >= 4 is 34.2 Å². The molecule has 0 bridgehead atoms. The number of ether oxygens (including phenoxy) is 1. The highest BCUT2D eigenvalue weighted by atomic mass is 16.5. The Hall–Kier alpha value is -3.81. The summed E-state index contributed by atoms with van der Waals surface area (Å²) in [6.07, 6.45) is 5.22. The van der Waals surface area contributed by atoms with E-state index in [2.05, 4.69) is 15.3 Å². The molecule has 1 unspecified atom stereocenters. The van der Waals surface area contributed by atoms with E-state index in [1.54, 1.807) is 36.7 Å². The van der Waals surface area contributed by atoms with Crippen LogP contribution in [0.1, 0.15) is 23.2 Å². The summed E-state index contributed by atoms with van der Waals surface area (Å²) < 4.78 is 5.85. The summed E-state index contributed by atoms with van der Waals surface area (Å²) in [5, 5.41) is 3.66. The summed E-state index contributed by atoms with van der Waals surface area (Å²) in [5.74, 6) is -0.195. The molecule has 0 radical (unpaired) electrons. The number of nitrogens with zero attached hydrogens (tertiary/aromatic N) is 3. The molecule has 5 rings (SSSR count). The van der Waals surface area contributed by atoms with Crippen molar-refractivity contribution in [3.05, 3.63) is 54.5 Å². The normalized spacial score (nSPS) is 18.5.